The van der Waals surface area contributed by atoms with Gasteiger partial charge in [-0.1, -0.05) is 11.8 Å². The highest BCUT2D eigenvalue weighted by molar-refractivity contribution is 5.32. The Morgan fingerprint density at radius 2 is 2.50 bits per heavy atom. The molecule has 0 bridgehead atoms. The third-order valence-electron chi connectivity index (χ3n) is 1.25. The van der Waals surface area contributed by atoms with Crippen molar-refractivity contribution >= 4 is 0 Å². The van der Waals surface area contributed by atoms with Gasteiger partial charge >= 0.3 is 0 Å². The number of hydrogen-bond acceptors (Lipinski definition) is 2. The molecule has 0 radical (unpaired) electrons. The molecule has 12 heavy (non-hydrogen) atoms. The average molecular weight is 164 g/mol. The largest absolute Gasteiger partial charge is 0.309 e. The molecule has 0 amide bonds. The summed E-state index contributed by atoms with van der Waals surface area (Å²) in [5.74, 6) is 4.90. The molecule has 3 heteroatoms. The summed E-state index contributed by atoms with van der Waals surface area (Å²) >= 11 is 0. The molecule has 0 atom stereocenters. The van der Waals surface area contributed by atoms with Gasteiger partial charge in [0.2, 0.25) is 5.95 Å². The molecule has 0 fully saturated rings. The molecule has 0 aliphatic rings. The maximum absolute atomic E-state index is 12.8. The molecule has 0 aliphatic heterocycles. The van der Waals surface area contributed by atoms with Gasteiger partial charge in [-0.25, -0.2) is 4.98 Å². The first-order chi connectivity index (χ1) is 5.84. The first kappa shape index (κ1) is 8.69. The van der Waals surface area contributed by atoms with E-state index in [1.54, 1.807) is 19.2 Å². The minimum atomic E-state index is -0.513. The van der Waals surface area contributed by atoms with E-state index in [9.17, 15) is 4.39 Å². The minimum Gasteiger partial charge on any atom is -0.309 e. The third kappa shape index (κ3) is 2.33. The van der Waals surface area contributed by atoms with E-state index in [4.69, 9.17) is 0 Å². The predicted molar refractivity (Wildman–Crippen MR) is 45.0 cm³/mol. The fraction of sp³-hybridized carbons (Fsp3) is 0.222. The van der Waals surface area contributed by atoms with Crippen LogP contribution in [0.3, 0.4) is 0 Å². The first-order valence-electron chi connectivity index (χ1n) is 3.58. The molecule has 0 spiro atoms. The molecule has 2 nitrogen and oxygen atoms in total. The molecule has 1 aromatic rings. The van der Waals surface area contributed by atoms with Crippen LogP contribution in [0.5, 0.6) is 0 Å². The van der Waals surface area contributed by atoms with Crippen LogP contribution in [0.25, 0.3) is 0 Å². The Morgan fingerprint density at radius 3 is 3.17 bits per heavy atom. The average Bonchev–Trinajstić information content (AvgIpc) is 2.09. The fourth-order valence-corrected chi connectivity index (χ4v) is 0.707. The maximum Gasteiger partial charge on any atom is 0.228 e. The fourth-order valence-electron chi connectivity index (χ4n) is 0.707. The smallest absolute Gasteiger partial charge is 0.228 e. The monoisotopic (exact) mass is 164 g/mol. The van der Waals surface area contributed by atoms with Crippen molar-refractivity contribution in [3.8, 4) is 11.8 Å². The minimum absolute atomic E-state index is 0.341. The number of rotatable bonds is 1. The lowest BCUT2D eigenvalue weighted by atomic mass is 10.3. The van der Waals surface area contributed by atoms with Gasteiger partial charge in [0.15, 0.2) is 0 Å². The number of aromatic nitrogens is 1. The van der Waals surface area contributed by atoms with Crippen molar-refractivity contribution in [1.82, 2.24) is 10.3 Å². The first-order valence-corrected chi connectivity index (χ1v) is 3.58. The Kier molecular flexibility index (Phi) is 3.24. The number of hydrogen-bond donors (Lipinski definition) is 1. The van der Waals surface area contributed by atoms with E-state index in [0.29, 0.717) is 12.1 Å². The van der Waals surface area contributed by atoms with Crippen molar-refractivity contribution in [3.63, 3.8) is 0 Å². The van der Waals surface area contributed by atoms with E-state index >= 15 is 0 Å². The standard InChI is InChI=1S/C9H9FN2/c1-11-6-2-4-8-5-3-7-12-9(8)10/h3,5,7,11H,6H2,1H3. The van der Waals surface area contributed by atoms with Gasteiger partial charge in [-0.05, 0) is 19.2 Å². The summed E-state index contributed by atoms with van der Waals surface area (Å²) in [4.78, 5) is 3.47. The second-order valence-electron chi connectivity index (χ2n) is 2.17. The van der Waals surface area contributed by atoms with Crippen LogP contribution >= 0.6 is 0 Å². The zero-order chi connectivity index (χ0) is 8.81. The summed E-state index contributed by atoms with van der Waals surface area (Å²) < 4.78 is 12.8. The van der Waals surface area contributed by atoms with Gasteiger partial charge in [-0.15, -0.1) is 0 Å². The second-order valence-corrected chi connectivity index (χ2v) is 2.17. The highest BCUT2D eigenvalue weighted by Gasteiger charge is 1.95. The molecular weight excluding hydrogens is 155 g/mol. The van der Waals surface area contributed by atoms with Crippen LogP contribution in [0.4, 0.5) is 4.39 Å². The molecule has 1 N–H and O–H groups in total. The molecule has 0 saturated heterocycles. The van der Waals surface area contributed by atoms with Crippen LogP contribution in [-0.4, -0.2) is 18.6 Å². The molecule has 1 aromatic heterocycles. The number of nitrogens with zero attached hydrogens (tertiary/aromatic N) is 1. The Labute approximate surface area is 70.8 Å². The Hall–Kier alpha value is -1.40. The van der Waals surface area contributed by atoms with Crippen molar-refractivity contribution in [2.24, 2.45) is 0 Å². The van der Waals surface area contributed by atoms with Gasteiger partial charge in [0.25, 0.3) is 0 Å². The highest BCUT2D eigenvalue weighted by Crippen LogP contribution is 1.99. The Balaban J connectivity index is 2.77. The normalized spacial score (nSPS) is 8.83. The van der Waals surface area contributed by atoms with Crippen molar-refractivity contribution in [1.29, 1.82) is 0 Å². The highest BCUT2D eigenvalue weighted by atomic mass is 19.1. The maximum atomic E-state index is 12.8. The van der Waals surface area contributed by atoms with E-state index in [-0.39, 0.29) is 0 Å². The second kappa shape index (κ2) is 4.47. The lowest BCUT2D eigenvalue weighted by Gasteiger charge is -1.90. The van der Waals surface area contributed by atoms with E-state index in [0.717, 1.165) is 0 Å². The number of pyridine rings is 1. The van der Waals surface area contributed by atoms with Crippen molar-refractivity contribution in [2.45, 2.75) is 0 Å². The third-order valence-corrected chi connectivity index (χ3v) is 1.25. The number of halogens is 1. The van der Waals surface area contributed by atoms with Crippen LogP contribution < -0.4 is 5.32 Å². The SMILES string of the molecule is CNCC#Cc1cccnc1F. The Bertz CT molecular complexity index is 312. The summed E-state index contributed by atoms with van der Waals surface area (Å²) in [7, 11) is 1.79. The van der Waals surface area contributed by atoms with Crippen LogP contribution in [0.15, 0.2) is 18.3 Å². The van der Waals surface area contributed by atoms with Gasteiger partial charge in [0.1, 0.15) is 0 Å². The van der Waals surface area contributed by atoms with Crippen molar-refractivity contribution < 1.29 is 4.39 Å². The molecule has 1 rings (SSSR count). The quantitative estimate of drug-likeness (QED) is 0.490. The van der Waals surface area contributed by atoms with Crippen LogP contribution in [-0.2, 0) is 0 Å². The zero-order valence-corrected chi connectivity index (χ0v) is 6.76. The molecule has 0 aromatic carbocycles. The summed E-state index contributed by atoms with van der Waals surface area (Å²) in [6, 6.07) is 3.26. The van der Waals surface area contributed by atoms with Gasteiger partial charge in [0.05, 0.1) is 12.1 Å². The van der Waals surface area contributed by atoms with E-state index in [2.05, 4.69) is 22.1 Å². The van der Waals surface area contributed by atoms with Gasteiger partial charge in [-0.3, -0.25) is 0 Å². The van der Waals surface area contributed by atoms with E-state index < -0.39 is 5.95 Å². The van der Waals surface area contributed by atoms with Crippen LogP contribution in [0.1, 0.15) is 5.56 Å². The van der Waals surface area contributed by atoms with Crippen LogP contribution in [0.2, 0.25) is 0 Å². The molecular formula is C9H9FN2. The van der Waals surface area contributed by atoms with Crippen molar-refractivity contribution in [3.05, 3.63) is 29.8 Å². The molecule has 0 unspecified atom stereocenters. The molecule has 0 aliphatic carbocycles. The summed E-state index contributed by atoms with van der Waals surface area (Å²) in [6.45, 7) is 0.550. The van der Waals surface area contributed by atoms with Gasteiger partial charge in [0, 0.05) is 6.20 Å². The molecule has 1 heterocycles. The lowest BCUT2D eigenvalue weighted by molar-refractivity contribution is 0.580. The Morgan fingerprint density at radius 1 is 1.67 bits per heavy atom. The molecule has 0 saturated carbocycles. The topological polar surface area (TPSA) is 24.9 Å². The summed E-state index contributed by atoms with van der Waals surface area (Å²) in [5, 5.41) is 2.84. The summed E-state index contributed by atoms with van der Waals surface area (Å²) in [6.07, 6.45) is 1.40. The molecule has 62 valence electrons. The zero-order valence-electron chi connectivity index (χ0n) is 6.76. The number of nitrogens with one attached hydrogen (secondary N) is 1. The van der Waals surface area contributed by atoms with Gasteiger partial charge in [-0.2, -0.15) is 4.39 Å². The van der Waals surface area contributed by atoms with E-state index in [1.165, 1.54) is 6.20 Å². The van der Waals surface area contributed by atoms with Gasteiger partial charge < -0.3 is 5.32 Å². The predicted octanol–water partition coefficient (Wildman–Crippen LogP) is 0.792. The lowest BCUT2D eigenvalue weighted by Crippen LogP contribution is -2.04. The summed E-state index contributed by atoms with van der Waals surface area (Å²) in [5.41, 5.74) is 0.341. The van der Waals surface area contributed by atoms with E-state index in [1.807, 2.05) is 0 Å². The van der Waals surface area contributed by atoms with Crippen molar-refractivity contribution in [2.75, 3.05) is 13.6 Å². The van der Waals surface area contributed by atoms with Crippen LogP contribution in [0, 0.1) is 17.8 Å².